The summed E-state index contributed by atoms with van der Waals surface area (Å²) in [6, 6.07) is 8.50. The molecule has 0 N–H and O–H groups in total. The number of rotatable bonds is 0. The van der Waals surface area contributed by atoms with E-state index in [-0.39, 0.29) is 0 Å². The third-order valence-corrected chi connectivity index (χ3v) is 2.77. The van der Waals surface area contributed by atoms with Crippen LogP contribution in [0.5, 0.6) is 0 Å². The zero-order valence-electron chi connectivity index (χ0n) is 9.36. The molecule has 0 atom stereocenters. The van der Waals surface area contributed by atoms with Crippen LogP contribution in [0, 0.1) is 13.8 Å². The van der Waals surface area contributed by atoms with Gasteiger partial charge in [-0.2, -0.15) is 0 Å². The van der Waals surface area contributed by atoms with Crippen molar-refractivity contribution in [2.45, 2.75) is 13.8 Å². The van der Waals surface area contributed by atoms with Gasteiger partial charge in [-0.1, -0.05) is 12.1 Å². The molecule has 2 heteroatoms. The summed E-state index contributed by atoms with van der Waals surface area (Å²) in [6.45, 7) is 4.11. The highest BCUT2D eigenvalue weighted by atomic mass is 14.7. The molecule has 2 aromatic heterocycles. The van der Waals surface area contributed by atoms with E-state index in [1.807, 2.05) is 12.4 Å². The van der Waals surface area contributed by atoms with E-state index in [0.29, 0.717) is 0 Å². The highest BCUT2D eigenvalue weighted by Gasteiger charge is 2.03. The van der Waals surface area contributed by atoms with E-state index in [1.54, 1.807) is 0 Å². The fourth-order valence-corrected chi connectivity index (χ4v) is 2.01. The van der Waals surface area contributed by atoms with Crippen LogP contribution in [0.1, 0.15) is 11.1 Å². The molecule has 3 rings (SSSR count). The Morgan fingerprint density at radius 1 is 0.750 bits per heavy atom. The standard InChI is InChI=1S/C14H12N2/c1-9-5-11-3-4-12-6-10(2)8-16-14(12)13(11)15-7-9/h3-8H,1-2H3. The Labute approximate surface area is 94.0 Å². The molecule has 0 saturated carbocycles. The number of hydrogen-bond donors (Lipinski definition) is 0. The van der Waals surface area contributed by atoms with Crippen LogP contribution >= 0.6 is 0 Å². The summed E-state index contributed by atoms with van der Waals surface area (Å²) in [7, 11) is 0. The second-order valence-electron chi connectivity index (χ2n) is 4.23. The number of aromatic nitrogens is 2. The van der Waals surface area contributed by atoms with Gasteiger partial charge in [0.15, 0.2) is 0 Å². The van der Waals surface area contributed by atoms with Gasteiger partial charge in [0, 0.05) is 23.2 Å². The molecule has 0 saturated heterocycles. The summed E-state index contributed by atoms with van der Waals surface area (Å²) >= 11 is 0. The predicted octanol–water partition coefficient (Wildman–Crippen LogP) is 3.40. The van der Waals surface area contributed by atoms with Gasteiger partial charge in [-0.15, -0.1) is 0 Å². The Morgan fingerprint density at radius 3 is 1.62 bits per heavy atom. The summed E-state index contributed by atoms with van der Waals surface area (Å²) in [5.41, 5.74) is 4.34. The van der Waals surface area contributed by atoms with E-state index in [4.69, 9.17) is 0 Å². The average molecular weight is 208 g/mol. The van der Waals surface area contributed by atoms with Gasteiger partial charge in [0.1, 0.15) is 0 Å². The maximum absolute atomic E-state index is 4.48. The van der Waals surface area contributed by atoms with Crippen LogP contribution in [-0.2, 0) is 0 Å². The Morgan fingerprint density at radius 2 is 1.19 bits per heavy atom. The lowest BCUT2D eigenvalue weighted by Crippen LogP contribution is -1.87. The monoisotopic (exact) mass is 208 g/mol. The van der Waals surface area contributed by atoms with E-state index in [1.165, 1.54) is 11.1 Å². The van der Waals surface area contributed by atoms with E-state index in [0.717, 1.165) is 21.8 Å². The molecule has 0 bridgehead atoms. The van der Waals surface area contributed by atoms with Crippen molar-refractivity contribution in [3.05, 3.63) is 47.8 Å². The maximum Gasteiger partial charge on any atom is 0.0964 e. The van der Waals surface area contributed by atoms with E-state index in [9.17, 15) is 0 Å². The number of aryl methyl sites for hydroxylation is 2. The molecule has 78 valence electrons. The molecule has 0 amide bonds. The van der Waals surface area contributed by atoms with E-state index in [2.05, 4.69) is 48.1 Å². The third kappa shape index (κ3) is 1.34. The molecule has 2 heterocycles. The van der Waals surface area contributed by atoms with Crippen LogP contribution in [0.15, 0.2) is 36.7 Å². The Kier molecular flexibility index (Phi) is 1.90. The van der Waals surface area contributed by atoms with Gasteiger partial charge in [0.25, 0.3) is 0 Å². The van der Waals surface area contributed by atoms with Gasteiger partial charge in [0.05, 0.1) is 11.0 Å². The zero-order valence-corrected chi connectivity index (χ0v) is 9.36. The van der Waals surface area contributed by atoms with Gasteiger partial charge in [-0.05, 0) is 37.1 Å². The van der Waals surface area contributed by atoms with E-state index >= 15 is 0 Å². The molecule has 3 aromatic rings. The lowest BCUT2D eigenvalue weighted by Gasteiger charge is -2.03. The summed E-state index contributed by atoms with van der Waals surface area (Å²) < 4.78 is 0. The molecule has 0 spiro atoms. The molecule has 1 aromatic carbocycles. The fourth-order valence-electron chi connectivity index (χ4n) is 2.01. The van der Waals surface area contributed by atoms with Crippen LogP contribution in [-0.4, -0.2) is 9.97 Å². The first kappa shape index (κ1) is 9.28. The summed E-state index contributed by atoms with van der Waals surface area (Å²) in [5, 5.41) is 2.31. The van der Waals surface area contributed by atoms with Crippen molar-refractivity contribution >= 4 is 21.8 Å². The normalized spacial score (nSPS) is 11.1. The first-order valence-electron chi connectivity index (χ1n) is 5.36. The lowest BCUT2D eigenvalue weighted by molar-refractivity contribution is 1.30. The van der Waals surface area contributed by atoms with Crippen molar-refractivity contribution in [2.75, 3.05) is 0 Å². The third-order valence-electron chi connectivity index (χ3n) is 2.77. The highest BCUT2D eigenvalue weighted by Crippen LogP contribution is 2.22. The SMILES string of the molecule is Cc1cnc2c(ccc3cc(C)cnc32)c1. The van der Waals surface area contributed by atoms with Crippen LogP contribution in [0.2, 0.25) is 0 Å². The molecular formula is C14H12N2. The van der Waals surface area contributed by atoms with Gasteiger partial charge in [0.2, 0.25) is 0 Å². The molecule has 0 fully saturated rings. The minimum atomic E-state index is 0.989. The van der Waals surface area contributed by atoms with Gasteiger partial charge >= 0.3 is 0 Å². The molecule has 2 nitrogen and oxygen atoms in total. The molecule has 0 aliphatic heterocycles. The number of benzene rings is 1. The Bertz CT molecular complexity index is 626. The topological polar surface area (TPSA) is 25.8 Å². The van der Waals surface area contributed by atoms with E-state index < -0.39 is 0 Å². The maximum atomic E-state index is 4.48. The average Bonchev–Trinajstić information content (AvgIpc) is 2.28. The molecule has 0 aliphatic rings. The van der Waals surface area contributed by atoms with Gasteiger partial charge in [-0.25, -0.2) is 0 Å². The van der Waals surface area contributed by atoms with Gasteiger partial charge in [-0.3, -0.25) is 9.97 Å². The number of hydrogen-bond acceptors (Lipinski definition) is 2. The number of nitrogens with zero attached hydrogens (tertiary/aromatic N) is 2. The summed E-state index contributed by atoms with van der Waals surface area (Å²) in [4.78, 5) is 8.95. The minimum absolute atomic E-state index is 0.989. The quantitative estimate of drug-likeness (QED) is 0.529. The largest absolute Gasteiger partial charge is 0.254 e. The number of pyridine rings is 2. The van der Waals surface area contributed by atoms with Crippen LogP contribution in [0.25, 0.3) is 21.8 Å². The number of fused-ring (bicyclic) bond motifs is 3. The fraction of sp³-hybridized carbons (Fsp3) is 0.143. The first-order chi connectivity index (χ1) is 7.74. The molecule has 0 unspecified atom stereocenters. The Balaban J connectivity index is 2.50. The molecule has 0 radical (unpaired) electrons. The molecule has 0 aliphatic carbocycles. The highest BCUT2D eigenvalue weighted by molar-refractivity contribution is 6.02. The van der Waals surface area contributed by atoms with Crippen molar-refractivity contribution in [1.82, 2.24) is 9.97 Å². The predicted molar refractivity (Wildman–Crippen MR) is 66.5 cm³/mol. The van der Waals surface area contributed by atoms with Crippen molar-refractivity contribution in [3.8, 4) is 0 Å². The molecule has 16 heavy (non-hydrogen) atoms. The van der Waals surface area contributed by atoms with Crippen molar-refractivity contribution in [1.29, 1.82) is 0 Å². The van der Waals surface area contributed by atoms with Crippen molar-refractivity contribution < 1.29 is 0 Å². The lowest BCUT2D eigenvalue weighted by atomic mass is 10.1. The first-order valence-corrected chi connectivity index (χ1v) is 5.36. The minimum Gasteiger partial charge on any atom is -0.254 e. The summed E-state index contributed by atoms with van der Waals surface area (Å²) in [5.74, 6) is 0. The summed E-state index contributed by atoms with van der Waals surface area (Å²) in [6.07, 6.45) is 3.78. The van der Waals surface area contributed by atoms with Crippen molar-refractivity contribution in [2.24, 2.45) is 0 Å². The second kappa shape index (κ2) is 3.27. The van der Waals surface area contributed by atoms with Gasteiger partial charge < -0.3 is 0 Å². The van der Waals surface area contributed by atoms with Crippen LogP contribution in [0.3, 0.4) is 0 Å². The smallest absolute Gasteiger partial charge is 0.0964 e. The Hall–Kier alpha value is -1.96. The van der Waals surface area contributed by atoms with Crippen molar-refractivity contribution in [3.63, 3.8) is 0 Å². The zero-order chi connectivity index (χ0) is 11.1. The van der Waals surface area contributed by atoms with Crippen LogP contribution in [0.4, 0.5) is 0 Å². The second-order valence-corrected chi connectivity index (χ2v) is 4.23. The van der Waals surface area contributed by atoms with Crippen LogP contribution < -0.4 is 0 Å². The molecular weight excluding hydrogens is 196 g/mol.